The lowest BCUT2D eigenvalue weighted by atomic mass is 10.0. The molecule has 0 aromatic carbocycles. The van der Waals surface area contributed by atoms with Crippen molar-refractivity contribution in [1.29, 1.82) is 0 Å². The maximum Gasteiger partial charge on any atom is 0.0794 e. The summed E-state index contributed by atoms with van der Waals surface area (Å²) < 4.78 is 0. The van der Waals surface area contributed by atoms with Gasteiger partial charge in [-0.15, -0.1) is 11.3 Å². The van der Waals surface area contributed by atoms with Crippen molar-refractivity contribution in [1.82, 2.24) is 4.98 Å². The molecule has 3 heteroatoms. The SMILES string of the molecule is NC1CCCC1c1cncs1. The molecular formula is C8H12N2S. The van der Waals surface area contributed by atoms with Crippen molar-refractivity contribution in [2.45, 2.75) is 31.2 Å². The maximum absolute atomic E-state index is 5.95. The Bertz CT molecular complexity index is 220. The lowest BCUT2D eigenvalue weighted by Crippen LogP contribution is -2.21. The molecule has 1 heterocycles. The summed E-state index contributed by atoms with van der Waals surface area (Å²) >= 11 is 1.73. The van der Waals surface area contributed by atoms with Crippen LogP contribution in [0.1, 0.15) is 30.1 Å². The van der Waals surface area contributed by atoms with E-state index in [4.69, 9.17) is 5.73 Å². The van der Waals surface area contributed by atoms with Gasteiger partial charge in [-0.3, -0.25) is 4.98 Å². The lowest BCUT2D eigenvalue weighted by molar-refractivity contribution is 0.621. The fourth-order valence-corrected chi connectivity index (χ4v) is 2.58. The normalized spacial score (nSPS) is 31.0. The van der Waals surface area contributed by atoms with E-state index in [0.29, 0.717) is 12.0 Å². The monoisotopic (exact) mass is 168 g/mol. The molecule has 0 saturated heterocycles. The van der Waals surface area contributed by atoms with Crippen molar-refractivity contribution in [2.24, 2.45) is 5.73 Å². The first kappa shape index (κ1) is 7.25. The Balaban J connectivity index is 2.16. The van der Waals surface area contributed by atoms with Gasteiger partial charge in [0.05, 0.1) is 5.51 Å². The average molecular weight is 168 g/mol. The number of rotatable bonds is 1. The fourth-order valence-electron chi connectivity index (χ4n) is 1.75. The number of hydrogen-bond acceptors (Lipinski definition) is 3. The van der Waals surface area contributed by atoms with Gasteiger partial charge in [0.1, 0.15) is 0 Å². The van der Waals surface area contributed by atoms with Crippen LogP contribution >= 0.6 is 11.3 Å². The van der Waals surface area contributed by atoms with Gasteiger partial charge in [0.2, 0.25) is 0 Å². The number of thiazole rings is 1. The summed E-state index contributed by atoms with van der Waals surface area (Å²) in [6.45, 7) is 0. The van der Waals surface area contributed by atoms with Gasteiger partial charge >= 0.3 is 0 Å². The Kier molecular flexibility index (Phi) is 1.92. The second-order valence-electron chi connectivity index (χ2n) is 3.11. The average Bonchev–Trinajstić information content (AvgIpc) is 2.55. The molecule has 0 radical (unpaired) electrons. The zero-order valence-electron chi connectivity index (χ0n) is 6.36. The summed E-state index contributed by atoms with van der Waals surface area (Å²) in [4.78, 5) is 5.43. The van der Waals surface area contributed by atoms with Gasteiger partial charge in [0.25, 0.3) is 0 Å². The Hall–Kier alpha value is -0.410. The van der Waals surface area contributed by atoms with Gasteiger partial charge in [0, 0.05) is 23.0 Å². The number of hydrogen-bond donors (Lipinski definition) is 1. The van der Waals surface area contributed by atoms with Crippen molar-refractivity contribution in [3.8, 4) is 0 Å². The largest absolute Gasteiger partial charge is 0.327 e. The minimum atomic E-state index is 0.385. The van der Waals surface area contributed by atoms with Crippen LogP contribution in [0.3, 0.4) is 0 Å². The quantitative estimate of drug-likeness (QED) is 0.693. The minimum absolute atomic E-state index is 0.385. The third kappa shape index (κ3) is 1.30. The van der Waals surface area contributed by atoms with Crippen LogP contribution in [0.25, 0.3) is 0 Å². The molecule has 1 aromatic heterocycles. The molecule has 0 aliphatic heterocycles. The molecule has 1 saturated carbocycles. The second kappa shape index (κ2) is 2.91. The number of aromatic nitrogens is 1. The first-order valence-electron chi connectivity index (χ1n) is 4.02. The number of nitrogens with zero attached hydrogens (tertiary/aromatic N) is 1. The highest BCUT2D eigenvalue weighted by molar-refractivity contribution is 7.09. The molecule has 2 atom stereocenters. The molecule has 1 aliphatic rings. The van der Waals surface area contributed by atoms with Crippen LogP contribution in [-0.2, 0) is 0 Å². The van der Waals surface area contributed by atoms with Crippen molar-refractivity contribution in [3.05, 3.63) is 16.6 Å². The molecule has 2 N–H and O–H groups in total. The molecule has 1 fully saturated rings. The van der Waals surface area contributed by atoms with E-state index in [0.717, 1.165) is 0 Å². The van der Waals surface area contributed by atoms with Crippen molar-refractivity contribution < 1.29 is 0 Å². The third-order valence-corrected chi connectivity index (χ3v) is 3.29. The van der Waals surface area contributed by atoms with E-state index < -0.39 is 0 Å². The van der Waals surface area contributed by atoms with Crippen LogP contribution in [0.5, 0.6) is 0 Å². The maximum atomic E-state index is 5.95. The Labute approximate surface area is 70.5 Å². The highest BCUT2D eigenvalue weighted by Crippen LogP contribution is 2.34. The highest BCUT2D eigenvalue weighted by Gasteiger charge is 2.26. The Morgan fingerprint density at radius 2 is 2.45 bits per heavy atom. The van der Waals surface area contributed by atoms with E-state index in [-0.39, 0.29) is 0 Å². The summed E-state index contributed by atoms with van der Waals surface area (Å²) in [5.74, 6) is 0.600. The third-order valence-electron chi connectivity index (χ3n) is 2.39. The van der Waals surface area contributed by atoms with E-state index in [9.17, 15) is 0 Å². The molecule has 11 heavy (non-hydrogen) atoms. The van der Waals surface area contributed by atoms with Gasteiger partial charge in [-0.1, -0.05) is 6.42 Å². The lowest BCUT2D eigenvalue weighted by Gasteiger charge is -2.11. The van der Waals surface area contributed by atoms with Gasteiger partial charge in [-0.2, -0.15) is 0 Å². The van der Waals surface area contributed by atoms with Crippen LogP contribution in [0.15, 0.2) is 11.7 Å². The standard InChI is InChI=1S/C8H12N2S/c9-7-3-1-2-6(7)8-4-10-5-11-8/h4-7H,1-3,9H2. The zero-order valence-corrected chi connectivity index (χ0v) is 7.18. The predicted octanol–water partition coefficient (Wildman–Crippen LogP) is 1.74. The van der Waals surface area contributed by atoms with Crippen molar-refractivity contribution >= 4 is 11.3 Å². The van der Waals surface area contributed by atoms with Crippen LogP contribution in [0.4, 0.5) is 0 Å². The topological polar surface area (TPSA) is 38.9 Å². The van der Waals surface area contributed by atoms with E-state index in [1.54, 1.807) is 11.3 Å². The highest BCUT2D eigenvalue weighted by atomic mass is 32.1. The van der Waals surface area contributed by atoms with E-state index in [1.165, 1.54) is 24.1 Å². The molecule has 1 aromatic rings. The van der Waals surface area contributed by atoms with Gasteiger partial charge in [-0.25, -0.2) is 0 Å². The Morgan fingerprint density at radius 3 is 3.00 bits per heavy atom. The summed E-state index contributed by atoms with van der Waals surface area (Å²) in [5.41, 5.74) is 7.84. The molecular weight excluding hydrogens is 156 g/mol. The molecule has 2 unspecified atom stereocenters. The van der Waals surface area contributed by atoms with Crippen LogP contribution in [-0.4, -0.2) is 11.0 Å². The van der Waals surface area contributed by atoms with Crippen molar-refractivity contribution in [3.63, 3.8) is 0 Å². The predicted molar refractivity (Wildman–Crippen MR) is 46.7 cm³/mol. The molecule has 2 rings (SSSR count). The first-order chi connectivity index (χ1) is 5.38. The summed E-state index contributed by atoms with van der Waals surface area (Å²) in [5, 5.41) is 0. The minimum Gasteiger partial charge on any atom is -0.327 e. The summed E-state index contributed by atoms with van der Waals surface area (Å²) in [6, 6.07) is 0.385. The van der Waals surface area contributed by atoms with Crippen LogP contribution in [0.2, 0.25) is 0 Å². The van der Waals surface area contributed by atoms with E-state index >= 15 is 0 Å². The fraction of sp³-hybridized carbons (Fsp3) is 0.625. The van der Waals surface area contributed by atoms with E-state index in [2.05, 4.69) is 4.98 Å². The molecule has 1 aliphatic carbocycles. The molecule has 2 nitrogen and oxygen atoms in total. The molecule has 60 valence electrons. The van der Waals surface area contributed by atoms with E-state index in [1.807, 2.05) is 11.7 Å². The first-order valence-corrected chi connectivity index (χ1v) is 4.90. The zero-order chi connectivity index (χ0) is 7.68. The van der Waals surface area contributed by atoms with Crippen molar-refractivity contribution in [2.75, 3.05) is 0 Å². The second-order valence-corrected chi connectivity index (χ2v) is 4.02. The molecule has 0 spiro atoms. The summed E-state index contributed by atoms with van der Waals surface area (Å²) in [7, 11) is 0. The van der Waals surface area contributed by atoms with Crippen LogP contribution in [0, 0.1) is 0 Å². The molecule has 0 bridgehead atoms. The van der Waals surface area contributed by atoms with Crippen LogP contribution < -0.4 is 5.73 Å². The van der Waals surface area contributed by atoms with Gasteiger partial charge in [-0.05, 0) is 12.8 Å². The molecule has 0 amide bonds. The smallest absolute Gasteiger partial charge is 0.0794 e. The number of nitrogens with two attached hydrogens (primary N) is 1. The Morgan fingerprint density at radius 1 is 1.55 bits per heavy atom. The van der Waals surface area contributed by atoms with Gasteiger partial charge in [0.15, 0.2) is 0 Å². The van der Waals surface area contributed by atoms with Gasteiger partial charge < -0.3 is 5.73 Å². The summed E-state index contributed by atoms with van der Waals surface area (Å²) in [6.07, 6.45) is 5.68.